The molecule has 0 bridgehead atoms. The highest BCUT2D eigenvalue weighted by Gasteiger charge is 2.31. The molecule has 1 heterocycles. The second-order valence-electron chi connectivity index (χ2n) is 6.25. The van der Waals surface area contributed by atoms with Crippen molar-refractivity contribution in [3.63, 3.8) is 0 Å². The number of hydrogen-bond acceptors (Lipinski definition) is 3. The molecule has 2 rings (SSSR count). The summed E-state index contributed by atoms with van der Waals surface area (Å²) in [7, 11) is 0. The lowest BCUT2D eigenvalue weighted by Crippen LogP contribution is -2.51. The van der Waals surface area contributed by atoms with Gasteiger partial charge in [0, 0.05) is 19.6 Å². The Hall–Kier alpha value is -1.88. The average Bonchev–Trinajstić information content (AvgIpc) is 2.59. The normalized spacial score (nSPS) is 20.0. The van der Waals surface area contributed by atoms with Crippen molar-refractivity contribution >= 4 is 11.8 Å². The van der Waals surface area contributed by atoms with E-state index in [-0.39, 0.29) is 23.8 Å². The van der Waals surface area contributed by atoms with Crippen molar-refractivity contribution in [3.8, 4) is 0 Å². The van der Waals surface area contributed by atoms with E-state index in [2.05, 4.69) is 4.90 Å². The van der Waals surface area contributed by atoms with Gasteiger partial charge in [0.2, 0.25) is 11.8 Å². The number of benzene rings is 1. The van der Waals surface area contributed by atoms with Crippen molar-refractivity contribution in [2.75, 3.05) is 19.6 Å². The summed E-state index contributed by atoms with van der Waals surface area (Å²) in [5, 5.41) is 0. The molecule has 1 aliphatic rings. The number of rotatable bonds is 6. The molecular formula is C18H27N3O2. The van der Waals surface area contributed by atoms with Crippen LogP contribution >= 0.6 is 0 Å². The number of primary amides is 1. The van der Waals surface area contributed by atoms with E-state index >= 15 is 0 Å². The van der Waals surface area contributed by atoms with Gasteiger partial charge < -0.3 is 10.6 Å². The van der Waals surface area contributed by atoms with E-state index in [1.165, 1.54) is 0 Å². The van der Waals surface area contributed by atoms with E-state index in [0.29, 0.717) is 19.6 Å². The molecular weight excluding hydrogens is 290 g/mol. The molecule has 126 valence electrons. The molecule has 0 radical (unpaired) electrons. The maximum absolute atomic E-state index is 12.8. The van der Waals surface area contributed by atoms with Gasteiger partial charge >= 0.3 is 0 Å². The molecule has 1 saturated heterocycles. The fourth-order valence-electron chi connectivity index (χ4n) is 3.16. The molecule has 2 amide bonds. The first-order valence-electron chi connectivity index (χ1n) is 8.39. The first-order valence-corrected chi connectivity index (χ1v) is 8.39. The summed E-state index contributed by atoms with van der Waals surface area (Å²) in [4.78, 5) is 28.2. The van der Waals surface area contributed by atoms with Crippen LogP contribution in [0.3, 0.4) is 0 Å². The third-order valence-corrected chi connectivity index (χ3v) is 4.67. The van der Waals surface area contributed by atoms with Gasteiger partial charge in [0.25, 0.3) is 0 Å². The summed E-state index contributed by atoms with van der Waals surface area (Å²) in [5.41, 5.74) is 6.56. The average molecular weight is 317 g/mol. The van der Waals surface area contributed by atoms with Gasteiger partial charge in [-0.15, -0.1) is 0 Å². The maximum Gasteiger partial charge on any atom is 0.239 e. The SMILES string of the molecule is CCN(Cc1ccccc1)C(=O)[C@H](C)N1CCC[C@H](C(N)=O)C1. The molecule has 0 aromatic heterocycles. The van der Waals surface area contributed by atoms with Crippen LogP contribution in [0.25, 0.3) is 0 Å². The summed E-state index contributed by atoms with van der Waals surface area (Å²) in [5.74, 6) is -0.282. The number of piperidine rings is 1. The van der Waals surface area contributed by atoms with E-state index in [4.69, 9.17) is 5.73 Å². The quantitative estimate of drug-likeness (QED) is 0.867. The lowest BCUT2D eigenvalue weighted by Gasteiger charge is -2.37. The van der Waals surface area contributed by atoms with Crippen molar-refractivity contribution in [2.24, 2.45) is 11.7 Å². The molecule has 5 heteroatoms. The zero-order chi connectivity index (χ0) is 16.8. The smallest absolute Gasteiger partial charge is 0.239 e. The van der Waals surface area contributed by atoms with Crippen LogP contribution < -0.4 is 5.73 Å². The fourth-order valence-corrected chi connectivity index (χ4v) is 3.16. The molecule has 1 aromatic rings. The number of carbonyl (C=O) groups excluding carboxylic acids is 2. The van der Waals surface area contributed by atoms with Gasteiger partial charge in [0.15, 0.2) is 0 Å². The highest BCUT2D eigenvalue weighted by atomic mass is 16.2. The highest BCUT2D eigenvalue weighted by molar-refractivity contribution is 5.82. The number of likely N-dealkylation sites (tertiary alicyclic amines) is 1. The topological polar surface area (TPSA) is 66.6 Å². The molecule has 2 N–H and O–H groups in total. The number of hydrogen-bond donors (Lipinski definition) is 1. The Morgan fingerprint density at radius 2 is 2.04 bits per heavy atom. The van der Waals surface area contributed by atoms with Crippen molar-refractivity contribution in [1.82, 2.24) is 9.80 Å². The van der Waals surface area contributed by atoms with Crippen LogP contribution in [0, 0.1) is 5.92 Å². The van der Waals surface area contributed by atoms with Gasteiger partial charge in [0.1, 0.15) is 0 Å². The number of nitrogens with two attached hydrogens (primary N) is 1. The maximum atomic E-state index is 12.8. The minimum Gasteiger partial charge on any atom is -0.369 e. The largest absolute Gasteiger partial charge is 0.369 e. The monoisotopic (exact) mass is 317 g/mol. The summed E-state index contributed by atoms with van der Waals surface area (Å²) < 4.78 is 0. The molecule has 0 saturated carbocycles. The second kappa shape index (κ2) is 8.11. The van der Waals surface area contributed by atoms with Crippen LogP contribution in [0.4, 0.5) is 0 Å². The zero-order valence-electron chi connectivity index (χ0n) is 14.1. The second-order valence-corrected chi connectivity index (χ2v) is 6.25. The summed E-state index contributed by atoms with van der Waals surface area (Å²) in [6.07, 6.45) is 1.74. The Morgan fingerprint density at radius 3 is 2.65 bits per heavy atom. The molecule has 1 aliphatic heterocycles. The Balaban J connectivity index is 2.00. The molecule has 1 aromatic carbocycles. The molecule has 1 fully saturated rings. The molecule has 5 nitrogen and oxygen atoms in total. The Bertz CT molecular complexity index is 532. The first-order chi connectivity index (χ1) is 11.0. The van der Waals surface area contributed by atoms with Crippen LogP contribution in [0.15, 0.2) is 30.3 Å². The standard InChI is InChI=1S/C18H27N3O2/c1-3-20(12-15-8-5-4-6-9-15)18(23)14(2)21-11-7-10-16(13-21)17(19)22/h4-6,8-9,14,16H,3,7,10-13H2,1-2H3,(H2,19,22)/t14-,16-/m0/s1. The van der Waals surface area contributed by atoms with Crippen LogP contribution in [-0.2, 0) is 16.1 Å². The number of amides is 2. The molecule has 2 atom stereocenters. The lowest BCUT2D eigenvalue weighted by molar-refractivity contribution is -0.138. The van der Waals surface area contributed by atoms with Crippen LogP contribution in [-0.4, -0.2) is 47.3 Å². The van der Waals surface area contributed by atoms with Gasteiger partial charge in [-0.1, -0.05) is 30.3 Å². The Kier molecular flexibility index (Phi) is 6.16. The van der Waals surface area contributed by atoms with Gasteiger partial charge in [-0.25, -0.2) is 0 Å². The van der Waals surface area contributed by atoms with Crippen molar-refractivity contribution in [1.29, 1.82) is 0 Å². The van der Waals surface area contributed by atoms with Crippen molar-refractivity contribution < 1.29 is 9.59 Å². The molecule has 23 heavy (non-hydrogen) atoms. The third kappa shape index (κ3) is 4.55. The molecule has 0 unspecified atom stereocenters. The molecule has 0 spiro atoms. The van der Waals surface area contributed by atoms with E-state index in [0.717, 1.165) is 24.9 Å². The van der Waals surface area contributed by atoms with E-state index in [1.807, 2.05) is 49.1 Å². The molecule has 0 aliphatic carbocycles. The van der Waals surface area contributed by atoms with Crippen molar-refractivity contribution in [3.05, 3.63) is 35.9 Å². The van der Waals surface area contributed by atoms with Crippen LogP contribution in [0.5, 0.6) is 0 Å². The van der Waals surface area contributed by atoms with Crippen LogP contribution in [0.2, 0.25) is 0 Å². The Morgan fingerprint density at radius 1 is 1.35 bits per heavy atom. The van der Waals surface area contributed by atoms with Gasteiger partial charge in [-0.2, -0.15) is 0 Å². The van der Waals surface area contributed by atoms with E-state index < -0.39 is 0 Å². The van der Waals surface area contributed by atoms with E-state index in [9.17, 15) is 9.59 Å². The van der Waals surface area contributed by atoms with Crippen molar-refractivity contribution in [2.45, 2.75) is 39.3 Å². The number of nitrogens with zero attached hydrogens (tertiary/aromatic N) is 2. The lowest BCUT2D eigenvalue weighted by atomic mass is 9.96. The predicted molar refractivity (Wildman–Crippen MR) is 90.5 cm³/mol. The van der Waals surface area contributed by atoms with E-state index in [1.54, 1.807) is 0 Å². The zero-order valence-corrected chi connectivity index (χ0v) is 14.1. The minimum absolute atomic E-state index is 0.112. The summed E-state index contributed by atoms with van der Waals surface area (Å²) >= 11 is 0. The van der Waals surface area contributed by atoms with Gasteiger partial charge in [-0.05, 0) is 38.8 Å². The highest BCUT2D eigenvalue weighted by Crippen LogP contribution is 2.19. The number of likely N-dealkylation sites (N-methyl/N-ethyl adjacent to an activating group) is 1. The fraction of sp³-hybridized carbons (Fsp3) is 0.556. The number of carbonyl (C=O) groups is 2. The van der Waals surface area contributed by atoms with Gasteiger partial charge in [-0.3, -0.25) is 14.5 Å². The summed E-state index contributed by atoms with van der Waals surface area (Å²) in [6, 6.07) is 9.79. The summed E-state index contributed by atoms with van der Waals surface area (Å²) in [6.45, 7) is 6.65. The third-order valence-electron chi connectivity index (χ3n) is 4.67. The predicted octanol–water partition coefficient (Wildman–Crippen LogP) is 1.62. The Labute approximate surface area is 138 Å². The minimum atomic E-state index is -0.258. The van der Waals surface area contributed by atoms with Gasteiger partial charge in [0.05, 0.1) is 12.0 Å². The van der Waals surface area contributed by atoms with Crippen LogP contribution in [0.1, 0.15) is 32.3 Å². The first kappa shape index (κ1) is 17.5.